The zero-order valence-corrected chi connectivity index (χ0v) is 7.37. The van der Waals surface area contributed by atoms with Gasteiger partial charge in [-0.3, -0.25) is 9.79 Å². The summed E-state index contributed by atoms with van der Waals surface area (Å²) in [5, 5.41) is 8.52. The van der Waals surface area contributed by atoms with Crippen molar-refractivity contribution >= 4 is 11.7 Å². The van der Waals surface area contributed by atoms with Crippen LogP contribution in [0.3, 0.4) is 0 Å². The average Bonchev–Trinajstić information content (AvgIpc) is 2.01. The fraction of sp³-hybridized carbons (Fsp3) is 0.333. The summed E-state index contributed by atoms with van der Waals surface area (Å²) in [6.07, 6.45) is 3.22. The van der Waals surface area contributed by atoms with E-state index in [0.717, 1.165) is 5.71 Å². The van der Waals surface area contributed by atoms with Gasteiger partial charge in [-0.2, -0.15) is 0 Å². The molecular formula is C9H13NO2. The molecule has 0 spiro atoms. The van der Waals surface area contributed by atoms with E-state index in [9.17, 15) is 4.79 Å². The Bertz CT molecular complexity index is 239. The van der Waals surface area contributed by atoms with E-state index in [-0.39, 0.29) is 6.42 Å². The first-order valence-corrected chi connectivity index (χ1v) is 3.59. The lowest BCUT2D eigenvalue weighted by Gasteiger charge is -2.01. The Hall–Kier alpha value is -1.38. The number of carbonyl (C=O) groups is 1. The summed E-state index contributed by atoms with van der Waals surface area (Å²) >= 11 is 0. The number of aliphatic carboxylic acids is 1. The molecule has 66 valence electrons. The van der Waals surface area contributed by atoms with Gasteiger partial charge in [0.15, 0.2) is 0 Å². The van der Waals surface area contributed by atoms with Gasteiger partial charge in [0.25, 0.3) is 0 Å². The SMILES string of the molecule is C=CC=C(CC(=O)O)C(C)=NC. The molecule has 3 heteroatoms. The molecule has 0 saturated carbocycles. The Morgan fingerprint density at radius 2 is 2.25 bits per heavy atom. The Labute approximate surface area is 72.1 Å². The van der Waals surface area contributed by atoms with E-state index < -0.39 is 5.97 Å². The van der Waals surface area contributed by atoms with Crippen molar-refractivity contribution in [1.82, 2.24) is 0 Å². The van der Waals surface area contributed by atoms with Crippen LogP contribution in [-0.4, -0.2) is 23.8 Å². The van der Waals surface area contributed by atoms with Crippen molar-refractivity contribution in [2.24, 2.45) is 4.99 Å². The maximum absolute atomic E-state index is 10.4. The topological polar surface area (TPSA) is 49.7 Å². The Kier molecular flexibility index (Phi) is 4.69. The lowest BCUT2D eigenvalue weighted by molar-refractivity contribution is -0.136. The van der Waals surface area contributed by atoms with E-state index in [1.165, 1.54) is 0 Å². The van der Waals surface area contributed by atoms with Crippen molar-refractivity contribution in [2.45, 2.75) is 13.3 Å². The van der Waals surface area contributed by atoms with Gasteiger partial charge in [0.1, 0.15) is 0 Å². The molecular weight excluding hydrogens is 154 g/mol. The maximum atomic E-state index is 10.4. The van der Waals surface area contributed by atoms with Crippen LogP contribution in [0.25, 0.3) is 0 Å². The Balaban J connectivity index is 4.56. The number of nitrogens with zero attached hydrogens (tertiary/aromatic N) is 1. The third-order valence-electron chi connectivity index (χ3n) is 1.46. The molecule has 0 unspecified atom stereocenters. The van der Waals surface area contributed by atoms with Crippen molar-refractivity contribution in [3.8, 4) is 0 Å². The fourth-order valence-corrected chi connectivity index (χ4v) is 0.756. The minimum Gasteiger partial charge on any atom is -0.481 e. The first kappa shape index (κ1) is 10.6. The van der Waals surface area contributed by atoms with Crippen molar-refractivity contribution in [3.63, 3.8) is 0 Å². The summed E-state index contributed by atoms with van der Waals surface area (Å²) in [4.78, 5) is 14.3. The predicted molar refractivity (Wildman–Crippen MR) is 49.6 cm³/mol. The van der Waals surface area contributed by atoms with Crippen LogP contribution < -0.4 is 0 Å². The zero-order valence-electron chi connectivity index (χ0n) is 7.37. The number of rotatable bonds is 4. The lowest BCUT2D eigenvalue weighted by Crippen LogP contribution is -2.04. The highest BCUT2D eigenvalue weighted by molar-refractivity contribution is 6.01. The van der Waals surface area contributed by atoms with Gasteiger partial charge in [0.05, 0.1) is 6.42 Å². The van der Waals surface area contributed by atoms with Crippen LogP contribution in [0.1, 0.15) is 13.3 Å². The summed E-state index contributed by atoms with van der Waals surface area (Å²) in [6, 6.07) is 0. The monoisotopic (exact) mass is 167 g/mol. The summed E-state index contributed by atoms with van der Waals surface area (Å²) in [5.74, 6) is -0.855. The molecule has 0 saturated heterocycles. The molecule has 0 amide bonds. The molecule has 3 nitrogen and oxygen atoms in total. The second-order valence-electron chi connectivity index (χ2n) is 2.31. The van der Waals surface area contributed by atoms with Gasteiger partial charge in [0, 0.05) is 12.8 Å². The molecule has 0 aromatic rings. The van der Waals surface area contributed by atoms with Gasteiger partial charge < -0.3 is 5.11 Å². The number of carboxylic acid groups (broad SMARTS) is 1. The van der Waals surface area contributed by atoms with Crippen LogP contribution >= 0.6 is 0 Å². The maximum Gasteiger partial charge on any atom is 0.307 e. The van der Waals surface area contributed by atoms with Crippen LogP contribution in [0.4, 0.5) is 0 Å². The Morgan fingerprint density at radius 3 is 2.58 bits per heavy atom. The van der Waals surface area contributed by atoms with Crippen molar-refractivity contribution in [1.29, 1.82) is 0 Å². The van der Waals surface area contributed by atoms with Crippen molar-refractivity contribution in [2.75, 3.05) is 7.05 Å². The third-order valence-corrected chi connectivity index (χ3v) is 1.46. The summed E-state index contributed by atoms with van der Waals surface area (Å²) < 4.78 is 0. The largest absolute Gasteiger partial charge is 0.481 e. The summed E-state index contributed by atoms with van der Waals surface area (Å²) in [6.45, 7) is 5.28. The molecule has 0 bridgehead atoms. The van der Waals surface area contributed by atoms with E-state index in [1.807, 2.05) is 0 Å². The van der Waals surface area contributed by atoms with Crippen LogP contribution in [0.2, 0.25) is 0 Å². The molecule has 0 aromatic heterocycles. The van der Waals surface area contributed by atoms with Gasteiger partial charge in [-0.1, -0.05) is 18.7 Å². The standard InChI is InChI=1S/C9H13NO2/c1-4-5-8(6-9(11)12)7(2)10-3/h4-5H,1,6H2,2-3H3,(H,11,12). The van der Waals surface area contributed by atoms with Gasteiger partial charge in [0.2, 0.25) is 0 Å². The molecule has 0 heterocycles. The van der Waals surface area contributed by atoms with Crippen molar-refractivity contribution in [3.05, 3.63) is 24.3 Å². The normalized spacial score (nSPS) is 12.8. The molecule has 0 aliphatic carbocycles. The highest BCUT2D eigenvalue weighted by atomic mass is 16.4. The molecule has 12 heavy (non-hydrogen) atoms. The zero-order chi connectivity index (χ0) is 9.56. The van der Waals surface area contributed by atoms with Gasteiger partial charge in [-0.05, 0) is 12.5 Å². The molecule has 0 rings (SSSR count). The van der Waals surface area contributed by atoms with E-state index in [4.69, 9.17) is 5.11 Å². The highest BCUT2D eigenvalue weighted by Crippen LogP contribution is 2.04. The van der Waals surface area contributed by atoms with E-state index in [2.05, 4.69) is 11.6 Å². The van der Waals surface area contributed by atoms with Crippen LogP contribution in [0.15, 0.2) is 29.3 Å². The Morgan fingerprint density at radius 1 is 1.67 bits per heavy atom. The second kappa shape index (κ2) is 5.29. The molecule has 0 fully saturated rings. The van der Waals surface area contributed by atoms with E-state index in [0.29, 0.717) is 5.57 Å². The number of aliphatic imine (C=N–C) groups is 1. The number of allylic oxidation sites excluding steroid dienone is 2. The highest BCUT2D eigenvalue weighted by Gasteiger charge is 2.04. The molecule has 0 aliphatic heterocycles. The number of hydrogen-bond donors (Lipinski definition) is 1. The smallest absolute Gasteiger partial charge is 0.307 e. The number of hydrogen-bond acceptors (Lipinski definition) is 2. The first-order chi connectivity index (χ1) is 5.61. The third kappa shape index (κ3) is 3.71. The summed E-state index contributed by atoms with van der Waals surface area (Å²) in [5.41, 5.74) is 1.43. The van der Waals surface area contributed by atoms with Crippen LogP contribution in [-0.2, 0) is 4.79 Å². The van der Waals surface area contributed by atoms with E-state index >= 15 is 0 Å². The molecule has 0 aromatic carbocycles. The quantitative estimate of drug-likeness (QED) is 0.511. The first-order valence-electron chi connectivity index (χ1n) is 3.59. The number of carboxylic acids is 1. The average molecular weight is 167 g/mol. The minimum atomic E-state index is -0.855. The van der Waals surface area contributed by atoms with Gasteiger partial charge in [-0.25, -0.2) is 0 Å². The van der Waals surface area contributed by atoms with Crippen molar-refractivity contribution < 1.29 is 9.90 Å². The summed E-state index contributed by atoms with van der Waals surface area (Å²) in [7, 11) is 1.63. The van der Waals surface area contributed by atoms with E-state index in [1.54, 1.807) is 26.1 Å². The van der Waals surface area contributed by atoms with Gasteiger partial charge >= 0.3 is 5.97 Å². The molecule has 0 atom stereocenters. The van der Waals surface area contributed by atoms with Gasteiger partial charge in [-0.15, -0.1) is 0 Å². The predicted octanol–water partition coefficient (Wildman–Crippen LogP) is 1.66. The second-order valence-corrected chi connectivity index (χ2v) is 2.31. The van der Waals surface area contributed by atoms with Crippen LogP contribution in [0, 0.1) is 0 Å². The fourth-order valence-electron chi connectivity index (χ4n) is 0.756. The molecule has 1 N–H and O–H groups in total. The molecule has 0 radical (unpaired) electrons. The lowest BCUT2D eigenvalue weighted by atomic mass is 10.1. The van der Waals surface area contributed by atoms with Crippen LogP contribution in [0.5, 0.6) is 0 Å². The minimum absolute atomic E-state index is 0.00477. The molecule has 0 aliphatic rings.